The molecule has 0 bridgehead atoms. The Balaban J connectivity index is 1.76. The van der Waals surface area contributed by atoms with Gasteiger partial charge in [-0.05, 0) is 17.5 Å². The summed E-state index contributed by atoms with van der Waals surface area (Å²) in [7, 11) is 0. The number of terminal acetylenes is 1. The van der Waals surface area contributed by atoms with Crippen LogP contribution in [0.2, 0.25) is 0 Å². The topological polar surface area (TPSA) is 24.1 Å². The molecular weight excluding hydrogens is 228 g/mol. The zero-order valence-corrected chi connectivity index (χ0v) is 10.8. The van der Waals surface area contributed by atoms with Gasteiger partial charge in [-0.1, -0.05) is 24.1 Å². The van der Waals surface area contributed by atoms with Crippen molar-refractivity contribution in [1.82, 2.24) is 5.32 Å². The quantitative estimate of drug-likeness (QED) is 0.594. The van der Waals surface area contributed by atoms with Gasteiger partial charge in [-0.15, -0.1) is 18.2 Å². The van der Waals surface area contributed by atoms with E-state index in [4.69, 9.17) is 6.42 Å². The van der Waals surface area contributed by atoms with Gasteiger partial charge in [0.05, 0.1) is 5.75 Å². The number of fused-ring (bicyclic) bond motifs is 1. The molecule has 0 spiro atoms. The van der Waals surface area contributed by atoms with Crippen LogP contribution in [0.4, 0.5) is 5.69 Å². The summed E-state index contributed by atoms with van der Waals surface area (Å²) in [5.74, 6) is 4.52. The summed E-state index contributed by atoms with van der Waals surface area (Å²) < 4.78 is 0. The van der Waals surface area contributed by atoms with Crippen LogP contribution in [0.1, 0.15) is 11.1 Å². The highest BCUT2D eigenvalue weighted by Gasteiger charge is 2.12. The highest BCUT2D eigenvalue weighted by molar-refractivity contribution is 7.99. The summed E-state index contributed by atoms with van der Waals surface area (Å²) >= 11 is 1.80. The second kappa shape index (κ2) is 6.58. The predicted octanol–water partition coefficient (Wildman–Crippen LogP) is 2.11. The van der Waals surface area contributed by atoms with E-state index < -0.39 is 0 Å². The van der Waals surface area contributed by atoms with E-state index in [1.54, 1.807) is 11.8 Å². The van der Waals surface area contributed by atoms with Gasteiger partial charge in [0.2, 0.25) is 0 Å². The molecule has 1 aliphatic heterocycles. The van der Waals surface area contributed by atoms with Crippen molar-refractivity contribution < 1.29 is 0 Å². The van der Waals surface area contributed by atoms with Crippen molar-refractivity contribution in [3.8, 4) is 12.3 Å². The molecule has 0 amide bonds. The second-order valence-corrected chi connectivity index (χ2v) is 5.17. The molecule has 0 unspecified atom stereocenters. The van der Waals surface area contributed by atoms with Crippen molar-refractivity contribution >= 4 is 17.4 Å². The number of anilines is 1. The van der Waals surface area contributed by atoms with Crippen LogP contribution in [0.3, 0.4) is 0 Å². The Morgan fingerprint density at radius 2 is 2.41 bits per heavy atom. The van der Waals surface area contributed by atoms with Gasteiger partial charge in [0.1, 0.15) is 0 Å². The molecule has 2 N–H and O–H groups in total. The van der Waals surface area contributed by atoms with E-state index in [-0.39, 0.29) is 0 Å². The lowest BCUT2D eigenvalue weighted by Gasteiger charge is -2.09. The average Bonchev–Trinajstić information content (AvgIpc) is 2.82. The number of para-hydroxylation sites is 1. The van der Waals surface area contributed by atoms with Crippen molar-refractivity contribution in [3.05, 3.63) is 29.3 Å². The number of thioether (sulfide) groups is 1. The van der Waals surface area contributed by atoms with Gasteiger partial charge >= 0.3 is 0 Å². The Labute approximate surface area is 108 Å². The highest BCUT2D eigenvalue weighted by Crippen LogP contribution is 2.25. The summed E-state index contributed by atoms with van der Waals surface area (Å²) in [6, 6.07) is 6.55. The van der Waals surface area contributed by atoms with Crippen molar-refractivity contribution in [3.63, 3.8) is 0 Å². The molecule has 1 aromatic carbocycles. The largest absolute Gasteiger partial charge is 0.384 e. The van der Waals surface area contributed by atoms with Crippen LogP contribution in [0.15, 0.2) is 18.2 Å². The molecule has 0 saturated carbocycles. The Morgan fingerprint density at radius 1 is 1.47 bits per heavy atom. The third-order valence-electron chi connectivity index (χ3n) is 2.86. The molecule has 0 aliphatic carbocycles. The molecule has 0 saturated heterocycles. The Hall–Kier alpha value is -1.11. The molecular formula is C14H18N2S. The Bertz CT molecular complexity index is 409. The predicted molar refractivity (Wildman–Crippen MR) is 76.5 cm³/mol. The van der Waals surface area contributed by atoms with E-state index in [0.29, 0.717) is 0 Å². The van der Waals surface area contributed by atoms with E-state index in [1.807, 2.05) is 0 Å². The fraction of sp³-hybridized carbons (Fsp3) is 0.429. The van der Waals surface area contributed by atoms with Gasteiger partial charge in [-0.25, -0.2) is 0 Å². The SMILES string of the molecule is C#CCSCCNCc1cccc2c1NCC2. The lowest BCUT2D eigenvalue weighted by molar-refractivity contribution is 0.733. The molecule has 0 radical (unpaired) electrons. The van der Waals surface area contributed by atoms with Gasteiger partial charge in [0.15, 0.2) is 0 Å². The zero-order chi connectivity index (χ0) is 11.9. The number of nitrogens with one attached hydrogen (secondary N) is 2. The lowest BCUT2D eigenvalue weighted by atomic mass is 10.1. The van der Waals surface area contributed by atoms with Crippen LogP contribution in [0, 0.1) is 12.3 Å². The molecule has 3 heteroatoms. The standard InChI is InChI=1S/C14H18N2S/c1-2-9-17-10-8-15-11-13-5-3-4-12-6-7-16-14(12)13/h1,3-5,15-16H,6-11H2. The zero-order valence-electron chi connectivity index (χ0n) is 9.96. The summed E-state index contributed by atoms with van der Waals surface area (Å²) in [6.45, 7) is 3.02. The summed E-state index contributed by atoms with van der Waals surface area (Å²) in [4.78, 5) is 0. The Morgan fingerprint density at radius 3 is 3.29 bits per heavy atom. The second-order valence-electron chi connectivity index (χ2n) is 4.06. The molecule has 2 rings (SSSR count). The maximum Gasteiger partial charge on any atom is 0.0545 e. The first kappa shape index (κ1) is 12.3. The van der Waals surface area contributed by atoms with Crippen LogP contribution in [0.5, 0.6) is 0 Å². The van der Waals surface area contributed by atoms with E-state index in [1.165, 1.54) is 16.8 Å². The number of benzene rings is 1. The summed E-state index contributed by atoms with van der Waals surface area (Å²) in [5.41, 5.74) is 4.17. The molecule has 0 aromatic heterocycles. The highest BCUT2D eigenvalue weighted by atomic mass is 32.2. The van der Waals surface area contributed by atoms with Crippen molar-refractivity contribution in [1.29, 1.82) is 0 Å². The normalized spacial score (nSPS) is 12.9. The molecule has 1 aromatic rings. The van der Waals surface area contributed by atoms with Crippen molar-refractivity contribution in [2.24, 2.45) is 0 Å². The molecule has 1 aliphatic rings. The van der Waals surface area contributed by atoms with Crippen LogP contribution in [-0.2, 0) is 13.0 Å². The summed E-state index contributed by atoms with van der Waals surface area (Å²) in [6.07, 6.45) is 6.35. The number of rotatable bonds is 6. The molecule has 1 heterocycles. The summed E-state index contributed by atoms with van der Waals surface area (Å²) in [5, 5.41) is 6.92. The minimum atomic E-state index is 0.809. The first-order valence-electron chi connectivity index (χ1n) is 5.98. The van der Waals surface area contributed by atoms with E-state index in [9.17, 15) is 0 Å². The maximum absolute atomic E-state index is 5.20. The van der Waals surface area contributed by atoms with Gasteiger partial charge < -0.3 is 10.6 Å². The monoisotopic (exact) mass is 246 g/mol. The van der Waals surface area contributed by atoms with Crippen LogP contribution < -0.4 is 10.6 Å². The molecule has 90 valence electrons. The average molecular weight is 246 g/mol. The number of hydrogen-bond acceptors (Lipinski definition) is 3. The van der Waals surface area contributed by atoms with Crippen LogP contribution in [-0.4, -0.2) is 24.6 Å². The third-order valence-corrected chi connectivity index (χ3v) is 3.72. The molecule has 2 nitrogen and oxygen atoms in total. The van der Waals surface area contributed by atoms with Crippen LogP contribution in [0.25, 0.3) is 0 Å². The first-order valence-corrected chi connectivity index (χ1v) is 7.14. The van der Waals surface area contributed by atoms with E-state index in [0.717, 1.165) is 37.6 Å². The fourth-order valence-electron chi connectivity index (χ4n) is 2.06. The van der Waals surface area contributed by atoms with Crippen molar-refractivity contribution in [2.45, 2.75) is 13.0 Å². The van der Waals surface area contributed by atoms with Gasteiger partial charge in [0.25, 0.3) is 0 Å². The van der Waals surface area contributed by atoms with Gasteiger partial charge in [-0.3, -0.25) is 0 Å². The lowest BCUT2D eigenvalue weighted by Crippen LogP contribution is -2.17. The first-order chi connectivity index (χ1) is 8.42. The maximum atomic E-state index is 5.20. The third kappa shape index (κ3) is 3.42. The van der Waals surface area contributed by atoms with Crippen LogP contribution >= 0.6 is 11.8 Å². The van der Waals surface area contributed by atoms with E-state index >= 15 is 0 Å². The molecule has 0 atom stereocenters. The number of hydrogen-bond donors (Lipinski definition) is 2. The minimum absolute atomic E-state index is 0.809. The van der Waals surface area contributed by atoms with E-state index in [2.05, 4.69) is 34.8 Å². The minimum Gasteiger partial charge on any atom is -0.384 e. The Kier molecular flexibility index (Phi) is 4.78. The fourth-order valence-corrected chi connectivity index (χ4v) is 2.61. The molecule has 0 fully saturated rings. The smallest absolute Gasteiger partial charge is 0.0545 e. The van der Waals surface area contributed by atoms with Gasteiger partial charge in [-0.2, -0.15) is 0 Å². The molecule has 17 heavy (non-hydrogen) atoms. The van der Waals surface area contributed by atoms with Gasteiger partial charge in [0, 0.05) is 31.1 Å². The van der Waals surface area contributed by atoms with Crippen molar-refractivity contribution in [2.75, 3.05) is 29.9 Å².